The van der Waals surface area contributed by atoms with Gasteiger partial charge in [-0.05, 0) is 12.1 Å². The van der Waals surface area contributed by atoms with Crippen molar-refractivity contribution in [3.05, 3.63) is 51.4 Å². The van der Waals surface area contributed by atoms with Crippen LogP contribution < -0.4 is 5.56 Å². The highest BCUT2D eigenvalue weighted by atomic mass is 35.5. The summed E-state index contributed by atoms with van der Waals surface area (Å²) in [6.45, 7) is 0. The molecule has 6 heteroatoms. The molecule has 0 fully saturated rings. The van der Waals surface area contributed by atoms with Crippen molar-refractivity contribution in [3.8, 4) is 11.4 Å². The van der Waals surface area contributed by atoms with Crippen molar-refractivity contribution in [2.75, 3.05) is 0 Å². The molecule has 1 aromatic carbocycles. The van der Waals surface area contributed by atoms with Crippen LogP contribution in [0.25, 0.3) is 11.4 Å². The van der Waals surface area contributed by atoms with Gasteiger partial charge < -0.3 is 10.1 Å². The second kappa shape index (κ2) is 4.39. The topological polar surface area (TPSA) is 83.0 Å². The summed E-state index contributed by atoms with van der Waals surface area (Å²) in [5, 5.41) is 9.19. The number of rotatable bonds is 2. The van der Waals surface area contributed by atoms with E-state index >= 15 is 0 Å². The number of carboxylic acids is 1. The Morgan fingerprint density at radius 1 is 1.35 bits per heavy atom. The van der Waals surface area contributed by atoms with Crippen molar-refractivity contribution < 1.29 is 9.90 Å². The molecule has 0 aliphatic heterocycles. The van der Waals surface area contributed by atoms with Gasteiger partial charge in [0.15, 0.2) is 5.69 Å². The van der Waals surface area contributed by atoms with Gasteiger partial charge in [-0.25, -0.2) is 9.78 Å². The van der Waals surface area contributed by atoms with Gasteiger partial charge in [0.05, 0.1) is 5.02 Å². The van der Waals surface area contributed by atoms with Crippen molar-refractivity contribution in [1.82, 2.24) is 9.97 Å². The lowest BCUT2D eigenvalue weighted by molar-refractivity contribution is 0.0690. The minimum atomic E-state index is -1.26. The van der Waals surface area contributed by atoms with Crippen LogP contribution in [0.4, 0.5) is 0 Å². The van der Waals surface area contributed by atoms with Crippen molar-refractivity contribution in [3.63, 3.8) is 0 Å². The molecule has 0 aliphatic rings. The van der Waals surface area contributed by atoms with E-state index in [2.05, 4.69) is 9.97 Å². The Bertz CT molecular complexity index is 637. The molecule has 0 amide bonds. The number of H-pyrrole nitrogens is 1. The molecule has 0 radical (unpaired) electrons. The average molecular weight is 251 g/mol. The lowest BCUT2D eigenvalue weighted by atomic mass is 10.2. The second-order valence-corrected chi connectivity index (χ2v) is 3.67. The largest absolute Gasteiger partial charge is 0.477 e. The fourth-order valence-electron chi connectivity index (χ4n) is 1.35. The second-order valence-electron chi connectivity index (χ2n) is 3.26. The number of carboxylic acid groups (broad SMARTS) is 1. The summed E-state index contributed by atoms with van der Waals surface area (Å²) >= 11 is 5.93. The molecule has 17 heavy (non-hydrogen) atoms. The summed E-state index contributed by atoms with van der Waals surface area (Å²) in [5.74, 6) is -1.12. The van der Waals surface area contributed by atoms with Gasteiger partial charge in [-0.15, -0.1) is 0 Å². The van der Waals surface area contributed by atoms with E-state index in [1.807, 2.05) is 0 Å². The molecule has 0 saturated heterocycles. The molecule has 0 unspecified atom stereocenters. The Morgan fingerprint density at radius 2 is 2.06 bits per heavy atom. The minimum Gasteiger partial charge on any atom is -0.477 e. The first-order valence-corrected chi connectivity index (χ1v) is 5.05. The molecule has 2 N–H and O–H groups in total. The van der Waals surface area contributed by atoms with E-state index in [0.717, 1.165) is 6.07 Å². The normalized spacial score (nSPS) is 10.2. The van der Waals surface area contributed by atoms with E-state index in [-0.39, 0.29) is 11.5 Å². The van der Waals surface area contributed by atoms with E-state index in [1.165, 1.54) is 0 Å². The van der Waals surface area contributed by atoms with Crippen LogP contribution in [0.3, 0.4) is 0 Å². The first kappa shape index (κ1) is 11.3. The van der Waals surface area contributed by atoms with Gasteiger partial charge in [-0.1, -0.05) is 23.7 Å². The molecule has 1 heterocycles. The van der Waals surface area contributed by atoms with Gasteiger partial charge >= 0.3 is 5.97 Å². The number of benzene rings is 1. The van der Waals surface area contributed by atoms with Gasteiger partial charge in [0, 0.05) is 11.6 Å². The highest BCUT2D eigenvalue weighted by molar-refractivity contribution is 6.33. The Morgan fingerprint density at radius 3 is 2.71 bits per heavy atom. The molecular formula is C11H7ClN2O3. The molecule has 1 aromatic heterocycles. The maximum absolute atomic E-state index is 11.3. The molecule has 0 aliphatic carbocycles. The number of aromatic nitrogens is 2. The van der Waals surface area contributed by atoms with Gasteiger partial charge in [0.1, 0.15) is 5.82 Å². The third kappa shape index (κ3) is 2.34. The molecule has 86 valence electrons. The van der Waals surface area contributed by atoms with Crippen LogP contribution in [-0.2, 0) is 0 Å². The summed E-state index contributed by atoms with van der Waals surface area (Å²) < 4.78 is 0. The lowest BCUT2D eigenvalue weighted by Crippen LogP contribution is -2.13. The zero-order chi connectivity index (χ0) is 12.4. The average Bonchev–Trinajstić information content (AvgIpc) is 2.28. The van der Waals surface area contributed by atoms with Crippen LogP contribution in [0.5, 0.6) is 0 Å². The van der Waals surface area contributed by atoms with Crippen molar-refractivity contribution in [2.45, 2.75) is 0 Å². The summed E-state index contributed by atoms with van der Waals surface area (Å²) in [6, 6.07) is 7.64. The van der Waals surface area contributed by atoms with E-state index in [9.17, 15) is 9.59 Å². The van der Waals surface area contributed by atoms with Gasteiger partial charge in [0.2, 0.25) is 0 Å². The first-order valence-electron chi connectivity index (χ1n) is 4.67. The number of nitrogens with one attached hydrogen (secondary N) is 1. The number of nitrogens with zero attached hydrogens (tertiary/aromatic N) is 1. The molecule has 0 atom stereocenters. The number of halogens is 1. The minimum absolute atomic E-state index is 0.139. The van der Waals surface area contributed by atoms with E-state index in [4.69, 9.17) is 16.7 Å². The van der Waals surface area contributed by atoms with E-state index in [0.29, 0.717) is 10.6 Å². The van der Waals surface area contributed by atoms with Crippen LogP contribution in [-0.4, -0.2) is 21.0 Å². The van der Waals surface area contributed by atoms with Crippen LogP contribution in [0.2, 0.25) is 5.02 Å². The lowest BCUT2D eigenvalue weighted by Gasteiger charge is -2.03. The van der Waals surface area contributed by atoms with Crippen molar-refractivity contribution in [1.29, 1.82) is 0 Å². The standard InChI is InChI=1S/C11H7ClN2O3/c12-7-4-2-1-3-6(7)10-13-8(11(16)17)5-9(15)14-10/h1-5H,(H,16,17)(H,13,14,15). The van der Waals surface area contributed by atoms with Gasteiger partial charge in [0.25, 0.3) is 5.56 Å². The summed E-state index contributed by atoms with van der Waals surface area (Å²) in [4.78, 5) is 28.3. The van der Waals surface area contributed by atoms with Gasteiger partial charge in [-0.3, -0.25) is 4.79 Å². The molecule has 0 saturated carbocycles. The third-order valence-corrected chi connectivity index (χ3v) is 2.42. The molecule has 0 spiro atoms. The summed E-state index contributed by atoms with van der Waals surface area (Å²) in [7, 11) is 0. The van der Waals surface area contributed by atoms with Crippen molar-refractivity contribution in [2.24, 2.45) is 0 Å². The quantitative estimate of drug-likeness (QED) is 0.851. The smallest absolute Gasteiger partial charge is 0.354 e. The van der Waals surface area contributed by atoms with E-state index < -0.39 is 11.5 Å². The van der Waals surface area contributed by atoms with Gasteiger partial charge in [-0.2, -0.15) is 0 Å². The predicted molar refractivity (Wildman–Crippen MR) is 62.3 cm³/mol. The maximum Gasteiger partial charge on any atom is 0.354 e. The molecule has 0 bridgehead atoms. The number of aromatic amines is 1. The van der Waals surface area contributed by atoms with Crippen LogP contribution in [0.15, 0.2) is 35.1 Å². The molecule has 2 rings (SSSR count). The highest BCUT2D eigenvalue weighted by Crippen LogP contribution is 2.23. The number of hydrogen-bond donors (Lipinski definition) is 2. The SMILES string of the molecule is O=C(O)c1cc(=O)[nH]c(-c2ccccc2Cl)n1. The highest BCUT2D eigenvalue weighted by Gasteiger charge is 2.11. The summed E-state index contributed by atoms with van der Waals surface area (Å²) in [5.41, 5.74) is -0.370. The Kier molecular flexibility index (Phi) is 2.93. The van der Waals surface area contributed by atoms with Crippen LogP contribution in [0.1, 0.15) is 10.5 Å². The Balaban J connectivity index is 2.64. The van der Waals surface area contributed by atoms with Crippen molar-refractivity contribution >= 4 is 17.6 Å². The summed E-state index contributed by atoms with van der Waals surface area (Å²) in [6.07, 6.45) is 0. The van der Waals surface area contributed by atoms with Crippen LogP contribution in [0, 0.1) is 0 Å². The Hall–Kier alpha value is -2.14. The fourth-order valence-corrected chi connectivity index (χ4v) is 1.57. The fraction of sp³-hybridized carbons (Fsp3) is 0. The predicted octanol–water partition coefficient (Wildman–Crippen LogP) is 1.79. The first-order chi connectivity index (χ1) is 8.08. The zero-order valence-electron chi connectivity index (χ0n) is 8.48. The Labute approximate surface area is 101 Å². The monoisotopic (exact) mass is 250 g/mol. The van der Waals surface area contributed by atoms with E-state index in [1.54, 1.807) is 24.3 Å². The number of hydrogen-bond acceptors (Lipinski definition) is 3. The molecular weight excluding hydrogens is 244 g/mol. The zero-order valence-corrected chi connectivity index (χ0v) is 9.23. The maximum atomic E-state index is 11.3. The number of carbonyl (C=O) groups is 1. The molecule has 5 nitrogen and oxygen atoms in total. The molecule has 2 aromatic rings. The number of aromatic carboxylic acids is 1. The third-order valence-electron chi connectivity index (χ3n) is 2.09. The van der Waals surface area contributed by atoms with Crippen LogP contribution >= 0.6 is 11.6 Å².